The number of rotatable bonds is 14. The van der Waals surface area contributed by atoms with Crippen molar-refractivity contribution >= 4 is 23.9 Å². The monoisotopic (exact) mass is 432 g/mol. The van der Waals surface area contributed by atoms with E-state index in [2.05, 4.69) is 9.47 Å². The fraction of sp³-hybridized carbons (Fsp3) is 0.818. The molecule has 0 heterocycles. The average molecular weight is 433 g/mol. The molecule has 0 radical (unpaired) electrons. The Morgan fingerprint density at radius 1 is 0.533 bits per heavy atom. The van der Waals surface area contributed by atoms with Gasteiger partial charge in [0.2, 0.25) is 0 Å². The van der Waals surface area contributed by atoms with Gasteiger partial charge < -0.3 is 18.9 Å². The van der Waals surface area contributed by atoms with Gasteiger partial charge in [0.25, 0.3) is 0 Å². The zero-order chi connectivity index (χ0) is 23.4. The molecule has 0 amide bonds. The van der Waals surface area contributed by atoms with E-state index in [0.717, 1.165) is 0 Å². The third kappa shape index (κ3) is 23.9. The van der Waals surface area contributed by atoms with Crippen molar-refractivity contribution in [3.8, 4) is 0 Å². The third-order valence-corrected chi connectivity index (χ3v) is 3.63. The summed E-state index contributed by atoms with van der Waals surface area (Å²) in [4.78, 5) is 43.7. The Kier molecular flexibility index (Phi) is 20.2. The summed E-state index contributed by atoms with van der Waals surface area (Å²) >= 11 is 0. The first-order valence-electron chi connectivity index (χ1n) is 10.6. The van der Waals surface area contributed by atoms with Gasteiger partial charge in [-0.05, 0) is 37.5 Å². The molecule has 0 saturated heterocycles. The summed E-state index contributed by atoms with van der Waals surface area (Å²) < 4.78 is 18.9. The highest BCUT2D eigenvalue weighted by molar-refractivity contribution is 5.71. The first-order chi connectivity index (χ1) is 14.1. The maximum Gasteiger partial charge on any atom is 0.305 e. The molecule has 176 valence electrons. The summed E-state index contributed by atoms with van der Waals surface area (Å²) in [6, 6.07) is 0. The molecule has 30 heavy (non-hydrogen) atoms. The van der Waals surface area contributed by atoms with Crippen LogP contribution in [0.3, 0.4) is 0 Å². The maximum absolute atomic E-state index is 11.3. The molecule has 0 unspecified atom stereocenters. The van der Waals surface area contributed by atoms with Gasteiger partial charge in [0, 0.05) is 25.7 Å². The van der Waals surface area contributed by atoms with Gasteiger partial charge in [0.05, 0.1) is 27.4 Å². The molecular formula is C22H40O8. The van der Waals surface area contributed by atoms with Crippen LogP contribution in [-0.4, -0.2) is 51.3 Å². The van der Waals surface area contributed by atoms with Crippen molar-refractivity contribution < 1.29 is 38.1 Å². The molecule has 0 atom stereocenters. The van der Waals surface area contributed by atoms with Gasteiger partial charge in [-0.2, -0.15) is 0 Å². The fourth-order valence-corrected chi connectivity index (χ4v) is 1.95. The third-order valence-electron chi connectivity index (χ3n) is 3.63. The lowest BCUT2D eigenvalue weighted by atomic mass is 10.2. The number of hydrogen-bond donors (Lipinski definition) is 0. The van der Waals surface area contributed by atoms with Crippen molar-refractivity contribution in [1.82, 2.24) is 0 Å². The van der Waals surface area contributed by atoms with Gasteiger partial charge >= 0.3 is 23.9 Å². The van der Waals surface area contributed by atoms with E-state index in [9.17, 15) is 19.2 Å². The van der Waals surface area contributed by atoms with E-state index in [0.29, 0.717) is 76.4 Å². The van der Waals surface area contributed by atoms with Gasteiger partial charge in [-0.1, -0.05) is 27.7 Å². The smallest absolute Gasteiger partial charge is 0.305 e. The first-order valence-corrected chi connectivity index (χ1v) is 10.6. The van der Waals surface area contributed by atoms with Crippen molar-refractivity contribution in [3.63, 3.8) is 0 Å². The van der Waals surface area contributed by atoms with Crippen molar-refractivity contribution in [2.75, 3.05) is 27.4 Å². The zero-order valence-corrected chi connectivity index (χ0v) is 19.5. The zero-order valence-electron chi connectivity index (χ0n) is 19.5. The molecule has 0 aromatic carbocycles. The fourth-order valence-electron chi connectivity index (χ4n) is 1.95. The van der Waals surface area contributed by atoms with Crippen LogP contribution in [0.1, 0.15) is 79.1 Å². The summed E-state index contributed by atoms with van der Waals surface area (Å²) in [7, 11) is 2.70. The average Bonchev–Trinajstić information content (AvgIpc) is 2.71. The number of carbonyl (C=O) groups excluding carboxylic acids is 4. The SMILES string of the molecule is CC(C)COC(=O)CCCCC(=O)OCC(C)C.COC(=O)CCCCC(=O)OC. The molecule has 8 heteroatoms. The van der Waals surface area contributed by atoms with E-state index in [1.807, 2.05) is 27.7 Å². The number of unbranched alkanes of at least 4 members (excludes halogenated alkanes) is 2. The van der Waals surface area contributed by atoms with Crippen LogP contribution in [0.5, 0.6) is 0 Å². The number of carbonyl (C=O) groups is 4. The highest BCUT2D eigenvalue weighted by Gasteiger charge is 2.07. The van der Waals surface area contributed by atoms with Crippen LogP contribution >= 0.6 is 0 Å². The highest BCUT2D eigenvalue weighted by atomic mass is 16.5. The molecule has 0 aliphatic heterocycles. The van der Waals surface area contributed by atoms with E-state index in [4.69, 9.17) is 9.47 Å². The summed E-state index contributed by atoms with van der Waals surface area (Å²) in [6.45, 7) is 8.93. The molecule has 0 spiro atoms. The van der Waals surface area contributed by atoms with Crippen LogP contribution in [0.15, 0.2) is 0 Å². The number of esters is 4. The minimum atomic E-state index is -0.236. The van der Waals surface area contributed by atoms with Gasteiger partial charge in [-0.25, -0.2) is 0 Å². The quantitative estimate of drug-likeness (QED) is 0.232. The minimum Gasteiger partial charge on any atom is -0.469 e. The minimum absolute atomic E-state index is 0.181. The second-order valence-corrected chi connectivity index (χ2v) is 7.72. The topological polar surface area (TPSA) is 105 Å². The number of ether oxygens (including phenoxy) is 4. The van der Waals surface area contributed by atoms with Crippen molar-refractivity contribution in [2.45, 2.75) is 79.1 Å². The van der Waals surface area contributed by atoms with E-state index in [-0.39, 0.29) is 23.9 Å². The van der Waals surface area contributed by atoms with Crippen molar-refractivity contribution in [3.05, 3.63) is 0 Å². The maximum atomic E-state index is 11.3. The lowest BCUT2D eigenvalue weighted by Gasteiger charge is -2.08. The van der Waals surface area contributed by atoms with Crippen LogP contribution in [0, 0.1) is 11.8 Å². The van der Waals surface area contributed by atoms with E-state index >= 15 is 0 Å². The van der Waals surface area contributed by atoms with Crippen LogP contribution in [0.4, 0.5) is 0 Å². The lowest BCUT2D eigenvalue weighted by molar-refractivity contribution is -0.147. The molecule has 0 aliphatic carbocycles. The van der Waals surface area contributed by atoms with Crippen LogP contribution in [0.25, 0.3) is 0 Å². The second kappa shape index (κ2) is 20.2. The Morgan fingerprint density at radius 2 is 0.800 bits per heavy atom. The Morgan fingerprint density at radius 3 is 1.03 bits per heavy atom. The molecule has 0 rings (SSSR count). The second-order valence-electron chi connectivity index (χ2n) is 7.72. The van der Waals surface area contributed by atoms with E-state index < -0.39 is 0 Å². The lowest BCUT2D eigenvalue weighted by Crippen LogP contribution is -2.11. The summed E-state index contributed by atoms with van der Waals surface area (Å²) in [5, 5.41) is 0. The molecule has 8 nitrogen and oxygen atoms in total. The first kappa shape index (κ1) is 30.1. The molecule has 0 aromatic rings. The number of methoxy groups -OCH3 is 2. The molecule has 0 aromatic heterocycles. The van der Waals surface area contributed by atoms with Gasteiger partial charge in [-0.3, -0.25) is 19.2 Å². The Labute approximate surface area is 181 Å². The summed E-state index contributed by atoms with van der Waals surface area (Å²) in [5.74, 6) is -0.113. The summed E-state index contributed by atoms with van der Waals surface area (Å²) in [5.41, 5.74) is 0. The van der Waals surface area contributed by atoms with E-state index in [1.54, 1.807) is 0 Å². The predicted molar refractivity (Wildman–Crippen MR) is 113 cm³/mol. The Hall–Kier alpha value is -2.12. The van der Waals surface area contributed by atoms with Crippen LogP contribution in [0.2, 0.25) is 0 Å². The van der Waals surface area contributed by atoms with Crippen molar-refractivity contribution in [2.24, 2.45) is 11.8 Å². The predicted octanol–water partition coefficient (Wildman–Crippen LogP) is 3.84. The molecular weight excluding hydrogens is 392 g/mol. The van der Waals surface area contributed by atoms with Crippen LogP contribution in [-0.2, 0) is 38.1 Å². The Bertz CT molecular complexity index is 442. The van der Waals surface area contributed by atoms with Gasteiger partial charge in [0.15, 0.2) is 0 Å². The largest absolute Gasteiger partial charge is 0.469 e. The van der Waals surface area contributed by atoms with Gasteiger partial charge in [-0.15, -0.1) is 0 Å². The Balaban J connectivity index is 0. The molecule has 0 saturated carbocycles. The molecule has 0 N–H and O–H groups in total. The highest BCUT2D eigenvalue weighted by Crippen LogP contribution is 2.05. The van der Waals surface area contributed by atoms with Crippen molar-refractivity contribution in [1.29, 1.82) is 0 Å². The standard InChI is InChI=1S/C14H26O4.C8H14O4/c1-11(2)9-17-13(15)7-5-6-8-14(16)18-10-12(3)4;1-11-7(9)5-3-4-6-8(10)12-2/h11-12H,5-10H2,1-4H3;3-6H2,1-2H3. The van der Waals surface area contributed by atoms with Crippen LogP contribution < -0.4 is 0 Å². The number of hydrogen-bond acceptors (Lipinski definition) is 8. The molecule has 0 fully saturated rings. The molecule has 0 bridgehead atoms. The molecule has 0 aliphatic rings. The normalized spacial score (nSPS) is 10.1. The van der Waals surface area contributed by atoms with E-state index in [1.165, 1.54) is 14.2 Å². The summed E-state index contributed by atoms with van der Waals surface area (Å²) in [6.07, 6.45) is 4.18. The van der Waals surface area contributed by atoms with Gasteiger partial charge in [0.1, 0.15) is 0 Å².